The Morgan fingerprint density at radius 1 is 1.00 bits per heavy atom. The van der Waals surface area contributed by atoms with Crippen LogP contribution in [0.25, 0.3) is 0 Å². The van der Waals surface area contributed by atoms with Crippen LogP contribution in [0.5, 0.6) is 0 Å². The zero-order valence-electron chi connectivity index (χ0n) is 14.7. The van der Waals surface area contributed by atoms with Crippen molar-refractivity contribution in [1.29, 1.82) is 0 Å². The van der Waals surface area contributed by atoms with Gasteiger partial charge in [0.05, 0.1) is 0 Å². The van der Waals surface area contributed by atoms with E-state index in [9.17, 15) is 0 Å². The lowest BCUT2D eigenvalue weighted by Crippen LogP contribution is -2.49. The van der Waals surface area contributed by atoms with E-state index < -0.39 is 0 Å². The van der Waals surface area contributed by atoms with Gasteiger partial charge in [-0.2, -0.15) is 0 Å². The van der Waals surface area contributed by atoms with Crippen LogP contribution in [0.3, 0.4) is 0 Å². The van der Waals surface area contributed by atoms with E-state index in [1.165, 1.54) is 32.7 Å². The Labute approximate surface area is 136 Å². The van der Waals surface area contributed by atoms with Gasteiger partial charge in [-0.3, -0.25) is 9.89 Å². The fourth-order valence-electron chi connectivity index (χ4n) is 2.56. The zero-order chi connectivity index (χ0) is 16.0. The maximum Gasteiger partial charge on any atom is 0.191 e. The van der Waals surface area contributed by atoms with Gasteiger partial charge >= 0.3 is 0 Å². The minimum atomic E-state index is 0.809. The summed E-state index contributed by atoms with van der Waals surface area (Å²) in [6.07, 6.45) is 2.21. The topological polar surface area (TPSA) is 52.1 Å². The van der Waals surface area contributed by atoms with Crippen molar-refractivity contribution in [1.82, 2.24) is 20.4 Å². The first-order valence-electron chi connectivity index (χ1n) is 8.77. The monoisotopic (exact) mass is 313 g/mol. The molecule has 1 fully saturated rings. The van der Waals surface area contributed by atoms with Crippen LogP contribution in [-0.2, 0) is 4.74 Å². The molecule has 6 nitrogen and oxygen atoms in total. The van der Waals surface area contributed by atoms with Crippen LogP contribution in [-0.4, -0.2) is 88.4 Å². The lowest BCUT2D eigenvalue weighted by atomic mass is 10.3. The number of ether oxygens (including phenoxy) is 1. The van der Waals surface area contributed by atoms with E-state index in [1.54, 1.807) is 0 Å². The first-order valence-corrected chi connectivity index (χ1v) is 8.77. The third kappa shape index (κ3) is 8.56. The fraction of sp³-hybridized carbons (Fsp3) is 0.938. The molecule has 0 amide bonds. The molecule has 1 aliphatic heterocycles. The van der Waals surface area contributed by atoms with E-state index in [0.29, 0.717) is 0 Å². The molecule has 0 unspecified atom stereocenters. The first kappa shape index (κ1) is 19.2. The standard InChI is InChI=1S/C16H35N5O/c1-4-20-11-13-21(14-12-20)10-9-19-16(17-3)18-8-6-7-15-22-5-2/h4-15H2,1-3H3,(H2,17,18,19). The zero-order valence-corrected chi connectivity index (χ0v) is 14.7. The van der Waals surface area contributed by atoms with Gasteiger partial charge in [-0.15, -0.1) is 0 Å². The van der Waals surface area contributed by atoms with Gasteiger partial charge in [0, 0.05) is 66.1 Å². The van der Waals surface area contributed by atoms with Crippen molar-refractivity contribution in [2.24, 2.45) is 4.99 Å². The van der Waals surface area contributed by atoms with Gasteiger partial charge in [-0.05, 0) is 26.3 Å². The summed E-state index contributed by atoms with van der Waals surface area (Å²) >= 11 is 0. The van der Waals surface area contributed by atoms with Crippen LogP contribution in [0.15, 0.2) is 4.99 Å². The van der Waals surface area contributed by atoms with E-state index in [1.807, 2.05) is 14.0 Å². The van der Waals surface area contributed by atoms with Crippen LogP contribution in [0.4, 0.5) is 0 Å². The van der Waals surface area contributed by atoms with E-state index in [4.69, 9.17) is 4.74 Å². The quantitative estimate of drug-likeness (QED) is 0.351. The van der Waals surface area contributed by atoms with Crippen molar-refractivity contribution in [3.8, 4) is 0 Å². The number of nitrogens with zero attached hydrogens (tertiary/aromatic N) is 3. The van der Waals surface area contributed by atoms with Crippen molar-refractivity contribution in [3.63, 3.8) is 0 Å². The number of nitrogens with one attached hydrogen (secondary N) is 2. The molecule has 130 valence electrons. The summed E-state index contributed by atoms with van der Waals surface area (Å²) in [5.74, 6) is 0.906. The normalized spacial score (nSPS) is 17.7. The number of hydrogen-bond acceptors (Lipinski definition) is 4. The van der Waals surface area contributed by atoms with Crippen LogP contribution in [0.1, 0.15) is 26.7 Å². The van der Waals surface area contributed by atoms with Gasteiger partial charge in [0.15, 0.2) is 5.96 Å². The second-order valence-corrected chi connectivity index (χ2v) is 5.61. The van der Waals surface area contributed by atoms with Gasteiger partial charge < -0.3 is 20.3 Å². The van der Waals surface area contributed by atoms with Gasteiger partial charge in [-0.25, -0.2) is 0 Å². The second-order valence-electron chi connectivity index (χ2n) is 5.61. The number of guanidine groups is 1. The molecule has 0 aromatic rings. The third-order valence-electron chi connectivity index (χ3n) is 4.07. The van der Waals surface area contributed by atoms with Crippen LogP contribution in [0.2, 0.25) is 0 Å². The highest BCUT2D eigenvalue weighted by molar-refractivity contribution is 5.79. The Bertz CT molecular complexity index is 290. The molecular formula is C16H35N5O. The number of unbranched alkanes of at least 4 members (excludes halogenated alkanes) is 1. The maximum absolute atomic E-state index is 5.33. The molecule has 22 heavy (non-hydrogen) atoms. The summed E-state index contributed by atoms with van der Waals surface area (Å²) in [6.45, 7) is 14.8. The molecule has 0 atom stereocenters. The molecule has 0 aromatic heterocycles. The molecule has 1 saturated heterocycles. The fourth-order valence-corrected chi connectivity index (χ4v) is 2.56. The smallest absolute Gasteiger partial charge is 0.191 e. The van der Waals surface area contributed by atoms with Gasteiger partial charge in [0.25, 0.3) is 0 Å². The summed E-state index contributed by atoms with van der Waals surface area (Å²) < 4.78 is 5.33. The summed E-state index contributed by atoms with van der Waals surface area (Å²) in [5.41, 5.74) is 0. The van der Waals surface area contributed by atoms with Crippen LogP contribution < -0.4 is 10.6 Å². The number of aliphatic imine (C=N–C) groups is 1. The van der Waals surface area contributed by atoms with E-state index in [2.05, 4.69) is 32.3 Å². The number of hydrogen-bond donors (Lipinski definition) is 2. The maximum atomic E-state index is 5.33. The summed E-state index contributed by atoms with van der Waals surface area (Å²) in [7, 11) is 1.83. The molecular weight excluding hydrogens is 278 g/mol. The Hall–Kier alpha value is -0.850. The molecule has 1 aliphatic rings. The van der Waals surface area contributed by atoms with Crippen molar-refractivity contribution in [2.75, 3.05) is 72.6 Å². The number of piperazine rings is 1. The lowest BCUT2D eigenvalue weighted by molar-refractivity contribution is 0.139. The molecule has 0 spiro atoms. The Balaban J connectivity index is 2.02. The molecule has 1 heterocycles. The van der Waals surface area contributed by atoms with Gasteiger partial charge in [0.1, 0.15) is 0 Å². The highest BCUT2D eigenvalue weighted by Crippen LogP contribution is 1.99. The van der Waals surface area contributed by atoms with Crippen molar-refractivity contribution >= 4 is 5.96 Å². The molecule has 0 aromatic carbocycles. The highest BCUT2D eigenvalue weighted by Gasteiger charge is 2.14. The molecule has 2 N–H and O–H groups in total. The van der Waals surface area contributed by atoms with Gasteiger partial charge in [-0.1, -0.05) is 6.92 Å². The largest absolute Gasteiger partial charge is 0.382 e. The molecule has 0 bridgehead atoms. The Morgan fingerprint density at radius 3 is 2.32 bits per heavy atom. The van der Waals surface area contributed by atoms with E-state index >= 15 is 0 Å². The van der Waals surface area contributed by atoms with E-state index in [0.717, 1.165) is 51.6 Å². The second kappa shape index (κ2) is 12.7. The minimum absolute atomic E-state index is 0.809. The molecule has 1 rings (SSSR count). The summed E-state index contributed by atoms with van der Waals surface area (Å²) in [5, 5.41) is 6.75. The van der Waals surface area contributed by atoms with Crippen molar-refractivity contribution in [2.45, 2.75) is 26.7 Å². The first-order chi connectivity index (χ1) is 10.8. The predicted molar refractivity (Wildman–Crippen MR) is 93.6 cm³/mol. The number of rotatable bonds is 10. The highest BCUT2D eigenvalue weighted by atomic mass is 16.5. The molecule has 6 heteroatoms. The Kier molecular flexibility index (Phi) is 11.1. The Morgan fingerprint density at radius 2 is 1.68 bits per heavy atom. The van der Waals surface area contributed by atoms with Crippen molar-refractivity contribution in [3.05, 3.63) is 0 Å². The predicted octanol–water partition coefficient (Wildman–Crippen LogP) is 0.606. The molecule has 0 aliphatic carbocycles. The molecule has 0 radical (unpaired) electrons. The minimum Gasteiger partial charge on any atom is -0.382 e. The number of likely N-dealkylation sites (N-methyl/N-ethyl adjacent to an activating group) is 1. The average Bonchev–Trinajstić information content (AvgIpc) is 2.57. The third-order valence-corrected chi connectivity index (χ3v) is 4.07. The summed E-state index contributed by atoms with van der Waals surface area (Å²) in [6, 6.07) is 0. The summed E-state index contributed by atoms with van der Waals surface area (Å²) in [4.78, 5) is 9.30. The molecule has 0 saturated carbocycles. The van der Waals surface area contributed by atoms with Crippen LogP contribution in [0, 0.1) is 0 Å². The SMILES string of the molecule is CCOCCCCNC(=NC)NCCN1CCN(CC)CC1. The lowest BCUT2D eigenvalue weighted by Gasteiger charge is -2.34. The average molecular weight is 313 g/mol. The van der Waals surface area contributed by atoms with Crippen molar-refractivity contribution < 1.29 is 4.74 Å². The van der Waals surface area contributed by atoms with Crippen LogP contribution >= 0.6 is 0 Å². The van der Waals surface area contributed by atoms with E-state index in [-0.39, 0.29) is 0 Å². The van der Waals surface area contributed by atoms with Gasteiger partial charge in [0.2, 0.25) is 0 Å².